The van der Waals surface area contributed by atoms with E-state index in [1.54, 1.807) is 0 Å². The Bertz CT molecular complexity index is 1510. The van der Waals surface area contributed by atoms with Crippen molar-refractivity contribution in [3.05, 3.63) is 96.1 Å². The average molecular weight is 372 g/mol. The van der Waals surface area contributed by atoms with Gasteiger partial charge in [-0.15, -0.1) is 0 Å². The van der Waals surface area contributed by atoms with Gasteiger partial charge in [-0.05, 0) is 22.2 Å². The molecule has 1 N–H and O–H groups in total. The molecule has 0 bridgehead atoms. The predicted octanol–water partition coefficient (Wildman–Crippen LogP) is 6.23. The number of hydrogen-bond acceptors (Lipinski definition) is 2. The molecule has 0 radical (unpaired) electrons. The van der Waals surface area contributed by atoms with E-state index in [9.17, 15) is 4.79 Å². The van der Waals surface area contributed by atoms with Crippen LogP contribution in [0.2, 0.25) is 0 Å². The first-order valence-electron chi connectivity index (χ1n) is 9.88. The summed E-state index contributed by atoms with van der Waals surface area (Å²) in [7, 11) is 0. The van der Waals surface area contributed by atoms with Gasteiger partial charge in [-0.1, -0.05) is 78.9 Å². The molecule has 2 aliphatic rings. The highest BCUT2D eigenvalue weighted by Crippen LogP contribution is 2.53. The van der Waals surface area contributed by atoms with Crippen LogP contribution in [-0.2, 0) is 0 Å². The summed E-state index contributed by atoms with van der Waals surface area (Å²) in [6, 6.07) is 29.1. The Kier molecular flexibility index (Phi) is 2.68. The number of anilines is 2. The lowest BCUT2D eigenvalue weighted by Gasteiger charge is -2.32. The van der Waals surface area contributed by atoms with E-state index in [0.29, 0.717) is 0 Å². The second-order valence-electron chi connectivity index (χ2n) is 7.79. The van der Waals surface area contributed by atoms with E-state index in [0.717, 1.165) is 44.0 Å². The molecule has 1 atom stereocenters. The molecule has 1 amide bonds. The third kappa shape index (κ3) is 1.76. The van der Waals surface area contributed by atoms with Crippen LogP contribution in [0.25, 0.3) is 32.3 Å². The van der Waals surface area contributed by atoms with E-state index in [4.69, 9.17) is 0 Å². The van der Waals surface area contributed by atoms with Gasteiger partial charge in [0.1, 0.15) is 6.17 Å². The van der Waals surface area contributed by atoms with Crippen molar-refractivity contribution in [1.82, 2.24) is 0 Å². The zero-order valence-electron chi connectivity index (χ0n) is 15.5. The molecule has 29 heavy (non-hydrogen) atoms. The molecule has 0 saturated heterocycles. The SMILES string of the molecule is O=C1c2cccc3cccc(c23)C2Nc3c(c4ccccc4c4ccccc34)N12. The van der Waals surface area contributed by atoms with Crippen molar-refractivity contribution >= 4 is 49.6 Å². The molecule has 2 aliphatic heterocycles. The van der Waals surface area contributed by atoms with Crippen molar-refractivity contribution in [3.8, 4) is 0 Å². The molecule has 5 aromatic carbocycles. The number of hydrogen-bond donors (Lipinski definition) is 1. The number of rotatable bonds is 0. The number of nitrogens with one attached hydrogen (secondary N) is 1. The molecule has 3 nitrogen and oxygen atoms in total. The van der Waals surface area contributed by atoms with E-state index < -0.39 is 0 Å². The molecule has 3 heteroatoms. The van der Waals surface area contributed by atoms with Crippen LogP contribution in [0.4, 0.5) is 11.4 Å². The molecule has 0 saturated carbocycles. The molecule has 7 rings (SSSR count). The van der Waals surface area contributed by atoms with Gasteiger partial charge >= 0.3 is 0 Å². The third-order valence-corrected chi connectivity index (χ3v) is 6.37. The number of nitrogens with zero attached hydrogens (tertiary/aromatic N) is 1. The molecular formula is C26H16N2O. The number of carbonyl (C=O) groups is 1. The van der Waals surface area contributed by atoms with Crippen LogP contribution in [0.1, 0.15) is 22.1 Å². The lowest BCUT2D eigenvalue weighted by molar-refractivity contribution is 0.0980. The molecule has 0 spiro atoms. The van der Waals surface area contributed by atoms with E-state index in [2.05, 4.69) is 72.0 Å². The first kappa shape index (κ1) is 15.1. The lowest BCUT2D eigenvalue weighted by Crippen LogP contribution is -2.37. The van der Waals surface area contributed by atoms with Gasteiger partial charge in [0, 0.05) is 27.3 Å². The van der Waals surface area contributed by atoms with Crippen molar-refractivity contribution in [1.29, 1.82) is 0 Å². The lowest BCUT2D eigenvalue weighted by atomic mass is 9.92. The Balaban J connectivity index is 1.64. The molecule has 0 aromatic heterocycles. The van der Waals surface area contributed by atoms with Gasteiger partial charge in [0.2, 0.25) is 0 Å². The topological polar surface area (TPSA) is 32.3 Å². The molecule has 136 valence electrons. The van der Waals surface area contributed by atoms with Crippen LogP contribution in [0, 0.1) is 0 Å². The molecular weight excluding hydrogens is 356 g/mol. The predicted molar refractivity (Wildman–Crippen MR) is 119 cm³/mol. The third-order valence-electron chi connectivity index (χ3n) is 6.37. The summed E-state index contributed by atoms with van der Waals surface area (Å²) in [5.74, 6) is 0.0611. The minimum Gasteiger partial charge on any atom is -0.359 e. The zero-order valence-corrected chi connectivity index (χ0v) is 15.5. The summed E-state index contributed by atoms with van der Waals surface area (Å²) in [6.45, 7) is 0. The number of amides is 1. The van der Waals surface area contributed by atoms with Crippen molar-refractivity contribution in [2.75, 3.05) is 10.2 Å². The van der Waals surface area contributed by atoms with E-state index in [-0.39, 0.29) is 12.1 Å². The van der Waals surface area contributed by atoms with Crippen LogP contribution in [0.3, 0.4) is 0 Å². The fourth-order valence-corrected chi connectivity index (χ4v) is 5.19. The van der Waals surface area contributed by atoms with Gasteiger partial charge in [-0.3, -0.25) is 9.69 Å². The van der Waals surface area contributed by atoms with Gasteiger partial charge in [-0.2, -0.15) is 0 Å². The van der Waals surface area contributed by atoms with Gasteiger partial charge in [0.15, 0.2) is 0 Å². The summed E-state index contributed by atoms with van der Waals surface area (Å²) in [6.07, 6.45) is -0.190. The summed E-state index contributed by atoms with van der Waals surface area (Å²) in [4.78, 5) is 15.7. The summed E-state index contributed by atoms with van der Waals surface area (Å²) in [5.41, 5.74) is 3.96. The van der Waals surface area contributed by atoms with E-state index in [1.165, 1.54) is 10.8 Å². The Morgan fingerprint density at radius 2 is 1.34 bits per heavy atom. The fourth-order valence-electron chi connectivity index (χ4n) is 5.19. The first-order chi connectivity index (χ1) is 14.3. The maximum atomic E-state index is 13.7. The fraction of sp³-hybridized carbons (Fsp3) is 0.0385. The van der Waals surface area contributed by atoms with Gasteiger partial charge in [0.25, 0.3) is 5.91 Å². The molecule has 1 unspecified atom stereocenters. The first-order valence-corrected chi connectivity index (χ1v) is 9.88. The summed E-state index contributed by atoms with van der Waals surface area (Å²) < 4.78 is 0. The second kappa shape index (κ2) is 5.15. The zero-order chi connectivity index (χ0) is 19.1. The molecule has 0 fully saturated rings. The summed E-state index contributed by atoms with van der Waals surface area (Å²) >= 11 is 0. The Morgan fingerprint density at radius 1 is 0.690 bits per heavy atom. The van der Waals surface area contributed by atoms with Gasteiger partial charge in [-0.25, -0.2) is 0 Å². The standard InChI is InChI=1S/C26H16N2O/c29-26-21-14-6-8-15-7-5-13-20(22(15)21)25-27-23-18-11-3-1-9-16(18)17-10-2-4-12-19(17)24(23)28(25)26/h1-14,25,27H. The van der Waals surface area contributed by atoms with Crippen molar-refractivity contribution in [2.24, 2.45) is 0 Å². The van der Waals surface area contributed by atoms with Crippen molar-refractivity contribution in [3.63, 3.8) is 0 Å². The van der Waals surface area contributed by atoms with Gasteiger partial charge < -0.3 is 5.32 Å². The highest BCUT2D eigenvalue weighted by atomic mass is 16.2. The number of carbonyl (C=O) groups excluding carboxylic acids is 1. The average Bonchev–Trinajstić information content (AvgIpc) is 3.19. The maximum Gasteiger partial charge on any atom is 0.260 e. The van der Waals surface area contributed by atoms with Crippen LogP contribution in [0.5, 0.6) is 0 Å². The van der Waals surface area contributed by atoms with E-state index in [1.807, 2.05) is 23.1 Å². The largest absolute Gasteiger partial charge is 0.359 e. The van der Waals surface area contributed by atoms with E-state index >= 15 is 0 Å². The minimum atomic E-state index is -0.190. The highest BCUT2D eigenvalue weighted by Gasteiger charge is 2.42. The molecule has 0 aliphatic carbocycles. The van der Waals surface area contributed by atoms with Gasteiger partial charge in [0.05, 0.1) is 11.4 Å². The summed E-state index contributed by atoms with van der Waals surface area (Å²) in [5, 5.41) is 10.5. The molecule has 5 aromatic rings. The second-order valence-corrected chi connectivity index (χ2v) is 7.79. The van der Waals surface area contributed by atoms with Crippen molar-refractivity contribution in [2.45, 2.75) is 6.17 Å². The smallest absolute Gasteiger partial charge is 0.260 e. The normalized spacial score (nSPS) is 16.9. The minimum absolute atomic E-state index is 0.0611. The van der Waals surface area contributed by atoms with Crippen molar-refractivity contribution < 1.29 is 4.79 Å². The number of fused-ring (bicyclic) bond motifs is 9. The van der Waals surface area contributed by atoms with Crippen LogP contribution < -0.4 is 10.2 Å². The highest BCUT2D eigenvalue weighted by molar-refractivity contribution is 6.28. The Morgan fingerprint density at radius 3 is 2.14 bits per heavy atom. The quantitative estimate of drug-likeness (QED) is 0.327. The Labute approximate surface area is 167 Å². The Hall–Kier alpha value is -3.85. The van der Waals surface area contributed by atoms with Crippen LogP contribution >= 0.6 is 0 Å². The molecule has 2 heterocycles. The van der Waals surface area contributed by atoms with Crippen LogP contribution in [0.15, 0.2) is 84.9 Å². The maximum absolute atomic E-state index is 13.7. The van der Waals surface area contributed by atoms with Crippen LogP contribution in [-0.4, -0.2) is 5.91 Å². The number of benzene rings is 5. The monoisotopic (exact) mass is 372 g/mol.